The molecule has 3 aromatic heterocycles. The molecule has 0 aliphatic carbocycles. The molecule has 0 aliphatic rings. The van der Waals surface area contributed by atoms with Crippen LogP contribution in [-0.2, 0) is 4.79 Å². The summed E-state index contributed by atoms with van der Waals surface area (Å²) < 4.78 is 3.25. The number of anilines is 1. The van der Waals surface area contributed by atoms with Gasteiger partial charge in [-0.15, -0.1) is 21.5 Å². The van der Waals surface area contributed by atoms with Crippen LogP contribution in [0.2, 0.25) is 0 Å². The van der Waals surface area contributed by atoms with Gasteiger partial charge in [0.2, 0.25) is 5.91 Å². The third kappa shape index (κ3) is 3.40. The summed E-state index contributed by atoms with van der Waals surface area (Å²) in [5, 5.41) is 11.2. The molecular weight excluding hydrogens is 388 g/mol. The minimum absolute atomic E-state index is 0.109. The highest BCUT2D eigenvalue weighted by atomic mass is 32.2. The van der Waals surface area contributed by atoms with Crippen molar-refractivity contribution < 1.29 is 4.79 Å². The van der Waals surface area contributed by atoms with Crippen molar-refractivity contribution in [1.29, 1.82) is 0 Å². The molecule has 144 valence electrons. The molecule has 0 saturated carbocycles. The number of hydrogen-bond acceptors (Lipinski definition) is 5. The predicted octanol–water partition coefficient (Wildman–Crippen LogP) is 5.18. The number of nitrogens with zero attached hydrogens (tertiary/aromatic N) is 4. The summed E-state index contributed by atoms with van der Waals surface area (Å²) in [6, 6.07) is 12.3. The zero-order chi connectivity index (χ0) is 19.7. The van der Waals surface area contributed by atoms with Crippen molar-refractivity contribution in [2.45, 2.75) is 37.5 Å². The Labute approximate surface area is 172 Å². The Balaban J connectivity index is 1.65. The lowest BCUT2D eigenvalue weighted by Gasteiger charge is -2.25. The van der Waals surface area contributed by atoms with E-state index in [1.54, 1.807) is 17.7 Å². The van der Waals surface area contributed by atoms with Crippen molar-refractivity contribution in [3.8, 4) is 0 Å². The van der Waals surface area contributed by atoms with E-state index in [0.717, 1.165) is 33.7 Å². The van der Waals surface area contributed by atoms with E-state index in [9.17, 15) is 4.79 Å². The van der Waals surface area contributed by atoms with E-state index in [1.807, 2.05) is 43.9 Å². The smallest absolute Gasteiger partial charge is 0.240 e. The number of carbonyl (C=O) groups excluding carboxylic acids is 1. The van der Waals surface area contributed by atoms with Crippen LogP contribution >= 0.6 is 23.1 Å². The van der Waals surface area contributed by atoms with Crippen LogP contribution in [0.5, 0.6) is 0 Å². The van der Waals surface area contributed by atoms with Gasteiger partial charge in [-0.2, -0.15) is 0 Å². The van der Waals surface area contributed by atoms with Gasteiger partial charge in [-0.3, -0.25) is 9.20 Å². The zero-order valence-electron chi connectivity index (χ0n) is 16.1. The molecule has 0 fully saturated rings. The first-order valence-corrected chi connectivity index (χ1v) is 11.1. The predicted molar refractivity (Wildman–Crippen MR) is 118 cm³/mol. The van der Waals surface area contributed by atoms with Gasteiger partial charge in [0.15, 0.2) is 0 Å². The molecule has 1 unspecified atom stereocenters. The number of carbonyl (C=O) groups is 1. The molecule has 5 nitrogen and oxygen atoms in total. The van der Waals surface area contributed by atoms with Gasteiger partial charge in [-0.25, -0.2) is 0 Å². The third-order valence-electron chi connectivity index (χ3n) is 4.79. The molecule has 0 saturated heterocycles. The van der Waals surface area contributed by atoms with Gasteiger partial charge >= 0.3 is 0 Å². The van der Waals surface area contributed by atoms with Crippen LogP contribution in [0.3, 0.4) is 0 Å². The highest BCUT2D eigenvalue weighted by Gasteiger charge is 2.26. The van der Waals surface area contributed by atoms with Crippen molar-refractivity contribution in [3.05, 3.63) is 53.7 Å². The maximum atomic E-state index is 13.3. The van der Waals surface area contributed by atoms with Crippen LogP contribution in [0.15, 0.2) is 53.1 Å². The third-order valence-corrected chi connectivity index (χ3v) is 6.98. The Morgan fingerprint density at radius 1 is 1.25 bits per heavy atom. The van der Waals surface area contributed by atoms with E-state index < -0.39 is 0 Å². The van der Waals surface area contributed by atoms with Crippen molar-refractivity contribution in [2.75, 3.05) is 11.4 Å². The molecule has 3 heterocycles. The number of benzene rings is 1. The van der Waals surface area contributed by atoms with E-state index in [2.05, 4.69) is 38.2 Å². The minimum atomic E-state index is -0.214. The second-order valence-electron chi connectivity index (χ2n) is 6.64. The number of rotatable bonds is 6. The molecule has 4 rings (SSSR count). The summed E-state index contributed by atoms with van der Waals surface area (Å²) in [5.74, 6) is 0.109. The highest BCUT2D eigenvalue weighted by Crippen LogP contribution is 2.33. The van der Waals surface area contributed by atoms with Crippen LogP contribution in [0.4, 0.5) is 5.69 Å². The van der Waals surface area contributed by atoms with E-state index in [1.165, 1.54) is 16.5 Å². The molecule has 4 aromatic rings. The number of thioether (sulfide) groups is 1. The fourth-order valence-corrected chi connectivity index (χ4v) is 5.22. The molecule has 0 aliphatic heterocycles. The van der Waals surface area contributed by atoms with Gasteiger partial charge < -0.3 is 4.90 Å². The van der Waals surface area contributed by atoms with Crippen LogP contribution < -0.4 is 4.90 Å². The van der Waals surface area contributed by atoms with Crippen LogP contribution in [-0.4, -0.2) is 32.3 Å². The lowest BCUT2D eigenvalue weighted by atomic mass is 10.2. The Kier molecular flexibility index (Phi) is 5.37. The van der Waals surface area contributed by atoms with E-state index in [-0.39, 0.29) is 11.2 Å². The number of thiophene rings is 1. The molecular formula is C21H22N4OS2. The molecule has 0 N–H and O–H groups in total. The molecule has 7 heteroatoms. The van der Waals surface area contributed by atoms with Gasteiger partial charge in [0, 0.05) is 12.2 Å². The SMILES string of the molecule is CCC(Sc1nncn2c1cc1sccc12)C(=O)N(CC)c1cccc(C)c1. The standard InChI is InChI=1S/C21H22N4OS2/c1-4-18(21(26)24(5-2)15-8-6-7-14(3)11-15)28-20-17-12-19-16(9-10-27-19)25(17)13-22-23-20/h6-13,18H,4-5H2,1-3H3. The van der Waals surface area contributed by atoms with Crippen molar-refractivity contribution >= 4 is 50.4 Å². The Morgan fingerprint density at radius 2 is 2.11 bits per heavy atom. The molecule has 1 atom stereocenters. The summed E-state index contributed by atoms with van der Waals surface area (Å²) in [6.45, 7) is 6.74. The quantitative estimate of drug-likeness (QED) is 0.411. The number of fused-ring (bicyclic) bond motifs is 3. The Bertz CT molecular complexity index is 1130. The fraction of sp³-hybridized carbons (Fsp3) is 0.286. The molecule has 1 aromatic carbocycles. The first kappa shape index (κ1) is 19.0. The second-order valence-corrected chi connectivity index (χ2v) is 8.78. The summed E-state index contributed by atoms with van der Waals surface area (Å²) >= 11 is 3.21. The van der Waals surface area contributed by atoms with Crippen LogP contribution in [0.25, 0.3) is 15.7 Å². The van der Waals surface area contributed by atoms with Gasteiger partial charge in [0.1, 0.15) is 11.4 Å². The number of aromatic nitrogens is 3. The number of hydrogen-bond donors (Lipinski definition) is 0. The number of amides is 1. The average molecular weight is 411 g/mol. The van der Waals surface area contributed by atoms with Gasteiger partial charge in [0.25, 0.3) is 0 Å². The van der Waals surface area contributed by atoms with Gasteiger partial charge in [-0.1, -0.05) is 30.8 Å². The molecule has 0 radical (unpaired) electrons. The first-order chi connectivity index (χ1) is 13.6. The second kappa shape index (κ2) is 7.93. The molecule has 0 spiro atoms. The summed E-state index contributed by atoms with van der Waals surface area (Å²) in [7, 11) is 0. The first-order valence-electron chi connectivity index (χ1n) is 9.37. The largest absolute Gasteiger partial charge is 0.312 e. The van der Waals surface area contributed by atoms with Crippen molar-refractivity contribution in [1.82, 2.24) is 14.6 Å². The number of aryl methyl sites for hydroxylation is 1. The summed E-state index contributed by atoms with van der Waals surface area (Å²) in [5.41, 5.74) is 4.23. The van der Waals surface area contributed by atoms with E-state index in [4.69, 9.17) is 0 Å². The summed E-state index contributed by atoms with van der Waals surface area (Å²) in [4.78, 5) is 15.2. The summed E-state index contributed by atoms with van der Waals surface area (Å²) in [6.07, 6.45) is 2.46. The maximum absolute atomic E-state index is 13.3. The zero-order valence-corrected chi connectivity index (χ0v) is 17.8. The molecule has 0 bridgehead atoms. The minimum Gasteiger partial charge on any atom is -0.312 e. The maximum Gasteiger partial charge on any atom is 0.240 e. The lowest BCUT2D eigenvalue weighted by molar-refractivity contribution is -0.118. The van der Waals surface area contributed by atoms with Crippen molar-refractivity contribution in [2.24, 2.45) is 0 Å². The molecule has 1 amide bonds. The fourth-order valence-electron chi connectivity index (χ4n) is 3.38. The molecule has 28 heavy (non-hydrogen) atoms. The Morgan fingerprint density at radius 3 is 2.86 bits per heavy atom. The van der Waals surface area contributed by atoms with E-state index in [0.29, 0.717) is 6.54 Å². The van der Waals surface area contributed by atoms with E-state index >= 15 is 0 Å². The van der Waals surface area contributed by atoms with Crippen LogP contribution in [0, 0.1) is 6.92 Å². The normalized spacial score (nSPS) is 12.5. The topological polar surface area (TPSA) is 50.5 Å². The van der Waals surface area contributed by atoms with Gasteiger partial charge in [0.05, 0.1) is 21.0 Å². The lowest BCUT2D eigenvalue weighted by Crippen LogP contribution is -2.37. The average Bonchev–Trinajstić information content (AvgIpc) is 3.28. The Hall–Kier alpha value is -2.38. The van der Waals surface area contributed by atoms with Crippen molar-refractivity contribution in [3.63, 3.8) is 0 Å². The monoisotopic (exact) mass is 410 g/mol. The highest BCUT2D eigenvalue weighted by molar-refractivity contribution is 8.00. The van der Waals surface area contributed by atoms with Gasteiger partial charge in [-0.05, 0) is 55.5 Å². The van der Waals surface area contributed by atoms with Crippen LogP contribution in [0.1, 0.15) is 25.8 Å².